The minimum Gasteiger partial charge on any atom is -0.496 e. The summed E-state index contributed by atoms with van der Waals surface area (Å²) in [6.45, 7) is 6.13. The SMILES string of the molecule is CCCN(CC(=O)OCC)Cc1cc(Br)ccc1OC. The zero-order valence-electron chi connectivity index (χ0n) is 12.3. The second-order valence-corrected chi connectivity index (χ2v) is 5.39. The highest BCUT2D eigenvalue weighted by Crippen LogP contribution is 2.24. The van der Waals surface area contributed by atoms with Crippen LogP contribution >= 0.6 is 15.9 Å². The predicted octanol–water partition coefficient (Wildman–Crippen LogP) is 3.23. The van der Waals surface area contributed by atoms with Gasteiger partial charge in [-0.15, -0.1) is 0 Å². The first kappa shape index (κ1) is 17.0. The Morgan fingerprint density at radius 2 is 2.10 bits per heavy atom. The van der Waals surface area contributed by atoms with Crippen LogP contribution in [-0.2, 0) is 16.1 Å². The van der Waals surface area contributed by atoms with Crippen molar-refractivity contribution in [1.82, 2.24) is 4.90 Å². The van der Waals surface area contributed by atoms with E-state index in [1.54, 1.807) is 7.11 Å². The summed E-state index contributed by atoms with van der Waals surface area (Å²) in [6, 6.07) is 5.89. The summed E-state index contributed by atoms with van der Waals surface area (Å²) in [5.74, 6) is 0.646. The number of carbonyl (C=O) groups is 1. The molecular weight excluding hydrogens is 322 g/mol. The van der Waals surface area contributed by atoms with Crippen LogP contribution < -0.4 is 4.74 Å². The number of carbonyl (C=O) groups excluding carboxylic acids is 1. The first-order valence-corrected chi connectivity index (χ1v) is 7.60. The number of nitrogens with zero attached hydrogens (tertiary/aromatic N) is 1. The van der Waals surface area contributed by atoms with Gasteiger partial charge < -0.3 is 9.47 Å². The third kappa shape index (κ3) is 5.51. The second kappa shape index (κ2) is 8.97. The molecule has 112 valence electrons. The Labute approximate surface area is 129 Å². The fourth-order valence-corrected chi connectivity index (χ4v) is 2.44. The molecule has 0 fully saturated rings. The molecule has 0 heterocycles. The van der Waals surface area contributed by atoms with E-state index in [0.29, 0.717) is 19.7 Å². The molecule has 0 aliphatic carbocycles. The molecule has 1 aromatic carbocycles. The lowest BCUT2D eigenvalue weighted by atomic mass is 10.2. The molecule has 0 radical (unpaired) electrons. The monoisotopic (exact) mass is 343 g/mol. The summed E-state index contributed by atoms with van der Waals surface area (Å²) in [5.41, 5.74) is 1.06. The Balaban J connectivity index is 2.78. The van der Waals surface area contributed by atoms with E-state index in [-0.39, 0.29) is 5.97 Å². The molecule has 4 nitrogen and oxygen atoms in total. The van der Waals surface area contributed by atoms with Gasteiger partial charge >= 0.3 is 5.97 Å². The maximum absolute atomic E-state index is 11.6. The summed E-state index contributed by atoms with van der Waals surface area (Å²) >= 11 is 3.46. The van der Waals surface area contributed by atoms with E-state index >= 15 is 0 Å². The summed E-state index contributed by atoms with van der Waals surface area (Å²) in [4.78, 5) is 13.7. The quantitative estimate of drug-likeness (QED) is 0.679. The molecule has 0 spiro atoms. The third-order valence-electron chi connectivity index (χ3n) is 2.83. The summed E-state index contributed by atoms with van der Waals surface area (Å²) in [6.07, 6.45) is 0.982. The van der Waals surface area contributed by atoms with Gasteiger partial charge in [0.1, 0.15) is 5.75 Å². The number of hydrogen-bond acceptors (Lipinski definition) is 4. The lowest BCUT2D eigenvalue weighted by Gasteiger charge is -2.22. The molecule has 20 heavy (non-hydrogen) atoms. The Morgan fingerprint density at radius 1 is 1.35 bits per heavy atom. The summed E-state index contributed by atoms with van der Waals surface area (Å²) in [5, 5.41) is 0. The average Bonchev–Trinajstić information content (AvgIpc) is 2.39. The predicted molar refractivity (Wildman–Crippen MR) is 82.9 cm³/mol. The van der Waals surface area contributed by atoms with E-state index in [1.165, 1.54) is 0 Å². The van der Waals surface area contributed by atoms with Crippen molar-refractivity contribution in [2.24, 2.45) is 0 Å². The van der Waals surface area contributed by atoms with E-state index in [2.05, 4.69) is 27.8 Å². The highest BCUT2D eigenvalue weighted by molar-refractivity contribution is 9.10. The molecular formula is C15H22BrNO3. The van der Waals surface area contributed by atoms with Crippen molar-refractivity contribution in [3.8, 4) is 5.75 Å². The number of ether oxygens (including phenoxy) is 2. The van der Waals surface area contributed by atoms with Crippen LogP contribution in [0, 0.1) is 0 Å². The molecule has 0 amide bonds. The fourth-order valence-electron chi connectivity index (χ4n) is 2.03. The fraction of sp³-hybridized carbons (Fsp3) is 0.533. The second-order valence-electron chi connectivity index (χ2n) is 4.47. The van der Waals surface area contributed by atoms with E-state index in [1.807, 2.05) is 25.1 Å². The molecule has 0 aromatic heterocycles. The molecule has 5 heteroatoms. The maximum atomic E-state index is 11.6. The topological polar surface area (TPSA) is 38.8 Å². The van der Waals surface area contributed by atoms with Gasteiger partial charge in [0.25, 0.3) is 0 Å². The van der Waals surface area contributed by atoms with Gasteiger partial charge in [-0.05, 0) is 38.1 Å². The van der Waals surface area contributed by atoms with Crippen LogP contribution in [0.25, 0.3) is 0 Å². The molecule has 1 rings (SSSR count). The van der Waals surface area contributed by atoms with Crippen molar-refractivity contribution in [3.05, 3.63) is 28.2 Å². The number of halogens is 1. The molecule has 0 bridgehead atoms. The number of rotatable bonds is 8. The number of benzene rings is 1. The summed E-state index contributed by atoms with van der Waals surface area (Å²) in [7, 11) is 1.66. The van der Waals surface area contributed by atoms with E-state index < -0.39 is 0 Å². The first-order valence-electron chi connectivity index (χ1n) is 6.81. The van der Waals surface area contributed by atoms with Crippen LogP contribution in [0.1, 0.15) is 25.8 Å². The number of esters is 1. The molecule has 1 aromatic rings. The highest BCUT2D eigenvalue weighted by Gasteiger charge is 2.14. The molecule has 0 unspecified atom stereocenters. The Hall–Kier alpha value is -1.07. The lowest BCUT2D eigenvalue weighted by molar-refractivity contribution is -0.144. The van der Waals surface area contributed by atoms with E-state index in [0.717, 1.165) is 28.8 Å². The van der Waals surface area contributed by atoms with Crippen LogP contribution in [0.5, 0.6) is 5.75 Å². The molecule has 0 atom stereocenters. The van der Waals surface area contributed by atoms with Crippen molar-refractivity contribution in [3.63, 3.8) is 0 Å². The summed E-state index contributed by atoms with van der Waals surface area (Å²) < 4.78 is 11.4. The van der Waals surface area contributed by atoms with Gasteiger partial charge in [-0.3, -0.25) is 9.69 Å². The van der Waals surface area contributed by atoms with Crippen molar-refractivity contribution >= 4 is 21.9 Å². The van der Waals surface area contributed by atoms with Gasteiger partial charge in [-0.1, -0.05) is 22.9 Å². The van der Waals surface area contributed by atoms with Gasteiger partial charge in [-0.2, -0.15) is 0 Å². The Morgan fingerprint density at radius 3 is 2.70 bits per heavy atom. The maximum Gasteiger partial charge on any atom is 0.320 e. The van der Waals surface area contributed by atoms with Crippen LogP contribution in [0.4, 0.5) is 0 Å². The van der Waals surface area contributed by atoms with Gasteiger partial charge in [0.05, 0.1) is 20.3 Å². The largest absolute Gasteiger partial charge is 0.496 e. The van der Waals surface area contributed by atoms with Crippen LogP contribution in [-0.4, -0.2) is 37.7 Å². The average molecular weight is 344 g/mol. The Kier molecular flexibility index (Phi) is 7.62. The number of methoxy groups -OCH3 is 1. The smallest absolute Gasteiger partial charge is 0.320 e. The standard InChI is InChI=1S/C15H22BrNO3/c1-4-8-17(11-15(18)20-5-2)10-12-9-13(16)6-7-14(12)19-3/h6-7,9H,4-5,8,10-11H2,1-3H3. The van der Waals surface area contributed by atoms with Crippen LogP contribution in [0.3, 0.4) is 0 Å². The van der Waals surface area contributed by atoms with E-state index in [9.17, 15) is 4.79 Å². The molecule has 0 saturated carbocycles. The van der Waals surface area contributed by atoms with Gasteiger partial charge in [-0.25, -0.2) is 0 Å². The number of hydrogen-bond donors (Lipinski definition) is 0. The molecule has 0 aliphatic rings. The van der Waals surface area contributed by atoms with Crippen molar-refractivity contribution in [2.45, 2.75) is 26.8 Å². The molecule has 0 N–H and O–H groups in total. The minimum atomic E-state index is -0.185. The van der Waals surface area contributed by atoms with Crippen LogP contribution in [0.15, 0.2) is 22.7 Å². The van der Waals surface area contributed by atoms with Crippen molar-refractivity contribution < 1.29 is 14.3 Å². The van der Waals surface area contributed by atoms with E-state index in [4.69, 9.17) is 9.47 Å². The highest BCUT2D eigenvalue weighted by atomic mass is 79.9. The zero-order valence-corrected chi connectivity index (χ0v) is 13.9. The van der Waals surface area contributed by atoms with Crippen molar-refractivity contribution in [2.75, 3.05) is 26.8 Å². The third-order valence-corrected chi connectivity index (χ3v) is 3.33. The van der Waals surface area contributed by atoms with Crippen molar-refractivity contribution in [1.29, 1.82) is 0 Å². The van der Waals surface area contributed by atoms with Gasteiger partial charge in [0.2, 0.25) is 0 Å². The molecule has 0 aliphatic heterocycles. The Bertz CT molecular complexity index is 437. The van der Waals surface area contributed by atoms with Gasteiger partial charge in [0.15, 0.2) is 0 Å². The first-order chi connectivity index (χ1) is 9.60. The van der Waals surface area contributed by atoms with Crippen LogP contribution in [0.2, 0.25) is 0 Å². The molecule has 0 saturated heterocycles. The minimum absolute atomic E-state index is 0.185. The lowest BCUT2D eigenvalue weighted by Crippen LogP contribution is -2.31. The van der Waals surface area contributed by atoms with Gasteiger partial charge in [0, 0.05) is 16.6 Å². The zero-order chi connectivity index (χ0) is 15.0. The normalized spacial score (nSPS) is 10.7.